The van der Waals surface area contributed by atoms with E-state index in [1.807, 2.05) is 18.0 Å². The molecule has 0 bridgehead atoms. The molecular weight excluding hydrogens is 328 g/mol. The first-order valence-corrected chi connectivity index (χ1v) is 7.55. The number of nitrogen functional groups attached to an aromatic ring is 1. The van der Waals surface area contributed by atoms with Crippen molar-refractivity contribution in [2.45, 2.75) is 12.8 Å². The van der Waals surface area contributed by atoms with Gasteiger partial charge in [-0.2, -0.15) is 10.4 Å². The molecule has 0 fully saturated rings. The molecule has 0 saturated heterocycles. The molecule has 9 heteroatoms. The maximum atomic E-state index is 13.3. The van der Waals surface area contributed by atoms with Crippen LogP contribution in [0.25, 0.3) is 11.0 Å². The number of aromatic amines is 1. The summed E-state index contributed by atoms with van der Waals surface area (Å²) in [5, 5.41) is 15.6. The molecule has 0 atom stereocenters. The molecule has 2 aromatic heterocycles. The second-order valence-corrected chi connectivity index (χ2v) is 5.58. The number of anilines is 2. The third-order valence-electron chi connectivity index (χ3n) is 3.86. The number of halogens is 2. The lowest BCUT2D eigenvalue weighted by Crippen LogP contribution is -2.20. The van der Waals surface area contributed by atoms with Crippen molar-refractivity contribution in [1.82, 2.24) is 20.2 Å². The first kappa shape index (κ1) is 16.6. The highest BCUT2D eigenvalue weighted by molar-refractivity contribution is 5.75. The maximum absolute atomic E-state index is 13.3. The van der Waals surface area contributed by atoms with Crippen LogP contribution in [0.2, 0.25) is 0 Å². The van der Waals surface area contributed by atoms with Crippen LogP contribution in [0.1, 0.15) is 17.7 Å². The Hall–Kier alpha value is -3.28. The van der Waals surface area contributed by atoms with E-state index in [1.54, 1.807) is 0 Å². The van der Waals surface area contributed by atoms with E-state index < -0.39 is 11.6 Å². The minimum Gasteiger partial charge on any atom is -0.381 e. The van der Waals surface area contributed by atoms with Gasteiger partial charge in [0.25, 0.3) is 0 Å². The lowest BCUT2D eigenvalue weighted by atomic mass is 10.1. The molecule has 3 aromatic rings. The van der Waals surface area contributed by atoms with Gasteiger partial charge < -0.3 is 10.6 Å². The van der Waals surface area contributed by atoms with Gasteiger partial charge in [0, 0.05) is 25.7 Å². The molecule has 128 valence electrons. The van der Waals surface area contributed by atoms with Crippen LogP contribution < -0.4 is 10.6 Å². The quantitative estimate of drug-likeness (QED) is 0.735. The van der Waals surface area contributed by atoms with E-state index in [1.165, 1.54) is 6.20 Å². The average molecular weight is 343 g/mol. The molecule has 0 saturated carbocycles. The van der Waals surface area contributed by atoms with Gasteiger partial charge in [0.15, 0.2) is 17.5 Å². The van der Waals surface area contributed by atoms with Gasteiger partial charge in [-0.15, -0.1) is 0 Å². The van der Waals surface area contributed by atoms with Gasteiger partial charge in [-0.1, -0.05) is 0 Å². The van der Waals surface area contributed by atoms with E-state index in [4.69, 9.17) is 11.0 Å². The molecule has 2 heterocycles. The fourth-order valence-corrected chi connectivity index (χ4v) is 2.49. The van der Waals surface area contributed by atoms with Gasteiger partial charge in [0.1, 0.15) is 17.5 Å². The number of nitrogens with zero attached hydrogens (tertiary/aromatic N) is 5. The summed E-state index contributed by atoms with van der Waals surface area (Å²) >= 11 is 0. The van der Waals surface area contributed by atoms with Crippen LogP contribution >= 0.6 is 0 Å². The van der Waals surface area contributed by atoms with Gasteiger partial charge >= 0.3 is 0 Å². The maximum Gasteiger partial charge on any atom is 0.163 e. The van der Waals surface area contributed by atoms with E-state index in [0.29, 0.717) is 42.0 Å². The summed E-state index contributed by atoms with van der Waals surface area (Å²) in [6.45, 7) is 0.619. The van der Waals surface area contributed by atoms with Crippen LogP contribution in [0.5, 0.6) is 0 Å². The van der Waals surface area contributed by atoms with Gasteiger partial charge in [0.2, 0.25) is 0 Å². The highest BCUT2D eigenvalue weighted by Gasteiger charge is 2.12. The van der Waals surface area contributed by atoms with Crippen molar-refractivity contribution in [2.75, 3.05) is 24.2 Å². The Balaban J connectivity index is 1.69. The second kappa shape index (κ2) is 6.68. The first-order valence-electron chi connectivity index (χ1n) is 7.55. The highest BCUT2D eigenvalue weighted by Crippen LogP contribution is 2.19. The second-order valence-electron chi connectivity index (χ2n) is 5.58. The highest BCUT2D eigenvalue weighted by atomic mass is 19.2. The molecular formula is C16H15F2N7. The van der Waals surface area contributed by atoms with E-state index in [-0.39, 0.29) is 11.3 Å². The zero-order chi connectivity index (χ0) is 18.0. The minimum atomic E-state index is -0.956. The fraction of sp³-hybridized carbons (Fsp3) is 0.250. The smallest absolute Gasteiger partial charge is 0.163 e. The SMILES string of the molecule is CN(CCCc1[nH]nc(N)c1C#N)c1cnc2cc(F)c(F)cc2n1. The van der Waals surface area contributed by atoms with Crippen molar-refractivity contribution in [3.05, 3.63) is 41.2 Å². The fourth-order valence-electron chi connectivity index (χ4n) is 2.49. The molecule has 7 nitrogen and oxygen atoms in total. The Labute approximate surface area is 142 Å². The Morgan fingerprint density at radius 3 is 2.72 bits per heavy atom. The standard InChI is InChI=1S/C16H15F2N7/c1-25(4-2-3-12-9(7-19)16(20)24-23-12)15-8-21-13-5-10(17)11(18)6-14(13)22-15/h5-6,8H,2-4H2,1H3,(H3,20,23,24). The molecule has 1 aromatic carbocycles. The van der Waals surface area contributed by atoms with Crippen LogP contribution in [-0.4, -0.2) is 33.8 Å². The normalized spacial score (nSPS) is 10.8. The number of H-pyrrole nitrogens is 1. The van der Waals surface area contributed by atoms with E-state index in [0.717, 1.165) is 12.1 Å². The molecule has 0 spiro atoms. The van der Waals surface area contributed by atoms with Crippen molar-refractivity contribution in [2.24, 2.45) is 0 Å². The zero-order valence-corrected chi connectivity index (χ0v) is 13.4. The number of fused-ring (bicyclic) bond motifs is 1. The average Bonchev–Trinajstić information content (AvgIpc) is 2.95. The molecule has 0 amide bonds. The summed E-state index contributed by atoms with van der Waals surface area (Å²) in [7, 11) is 1.82. The molecule has 0 aliphatic carbocycles. The van der Waals surface area contributed by atoms with Crippen molar-refractivity contribution >= 4 is 22.7 Å². The minimum absolute atomic E-state index is 0.195. The van der Waals surface area contributed by atoms with Crippen molar-refractivity contribution in [1.29, 1.82) is 5.26 Å². The van der Waals surface area contributed by atoms with Crippen molar-refractivity contribution in [3.63, 3.8) is 0 Å². The van der Waals surface area contributed by atoms with Crippen LogP contribution in [0.15, 0.2) is 18.3 Å². The summed E-state index contributed by atoms with van der Waals surface area (Å²) in [4.78, 5) is 10.3. The summed E-state index contributed by atoms with van der Waals surface area (Å²) in [5.41, 5.74) is 7.24. The summed E-state index contributed by atoms with van der Waals surface area (Å²) in [6.07, 6.45) is 2.82. The summed E-state index contributed by atoms with van der Waals surface area (Å²) in [5.74, 6) is -1.17. The lowest BCUT2D eigenvalue weighted by molar-refractivity contribution is 0.510. The van der Waals surface area contributed by atoms with Crippen LogP contribution in [0, 0.1) is 23.0 Å². The Morgan fingerprint density at radius 2 is 2.00 bits per heavy atom. The summed E-state index contributed by atoms with van der Waals surface area (Å²) < 4.78 is 26.5. The Kier molecular flexibility index (Phi) is 4.43. The largest absolute Gasteiger partial charge is 0.381 e. The number of aryl methyl sites for hydroxylation is 1. The predicted octanol–water partition coefficient (Wildman–Crippen LogP) is 2.15. The molecule has 3 rings (SSSR count). The van der Waals surface area contributed by atoms with Crippen LogP contribution in [0.3, 0.4) is 0 Å². The number of hydrogen-bond donors (Lipinski definition) is 2. The zero-order valence-electron chi connectivity index (χ0n) is 13.4. The van der Waals surface area contributed by atoms with E-state index in [9.17, 15) is 8.78 Å². The number of hydrogen-bond acceptors (Lipinski definition) is 6. The topological polar surface area (TPSA) is 108 Å². The van der Waals surface area contributed by atoms with Gasteiger partial charge in [-0.3, -0.25) is 10.1 Å². The molecule has 0 aliphatic rings. The van der Waals surface area contributed by atoms with Crippen molar-refractivity contribution < 1.29 is 8.78 Å². The van der Waals surface area contributed by atoms with Gasteiger partial charge in [-0.25, -0.2) is 13.8 Å². The summed E-state index contributed by atoms with van der Waals surface area (Å²) in [6, 6.07) is 4.07. The van der Waals surface area contributed by atoms with Crippen LogP contribution in [-0.2, 0) is 6.42 Å². The molecule has 25 heavy (non-hydrogen) atoms. The number of aromatic nitrogens is 4. The molecule has 0 aliphatic heterocycles. The van der Waals surface area contributed by atoms with E-state index >= 15 is 0 Å². The number of nitrogens with one attached hydrogen (secondary N) is 1. The first-order chi connectivity index (χ1) is 12.0. The molecule has 3 N–H and O–H groups in total. The Bertz CT molecular complexity index is 961. The van der Waals surface area contributed by atoms with Crippen LogP contribution in [0.4, 0.5) is 20.4 Å². The van der Waals surface area contributed by atoms with Crippen molar-refractivity contribution in [3.8, 4) is 6.07 Å². The number of rotatable bonds is 5. The number of nitriles is 1. The predicted molar refractivity (Wildman–Crippen MR) is 88.8 cm³/mol. The lowest BCUT2D eigenvalue weighted by Gasteiger charge is -2.17. The van der Waals surface area contributed by atoms with E-state index in [2.05, 4.69) is 20.2 Å². The molecule has 0 radical (unpaired) electrons. The Morgan fingerprint density at radius 1 is 1.28 bits per heavy atom. The van der Waals surface area contributed by atoms with Gasteiger partial charge in [-0.05, 0) is 12.8 Å². The monoisotopic (exact) mass is 343 g/mol. The number of benzene rings is 1. The molecule has 0 unspecified atom stereocenters. The number of nitrogens with two attached hydrogens (primary N) is 1. The third-order valence-corrected chi connectivity index (χ3v) is 3.86. The van der Waals surface area contributed by atoms with Gasteiger partial charge in [0.05, 0.1) is 22.9 Å². The third kappa shape index (κ3) is 3.33.